The van der Waals surface area contributed by atoms with E-state index in [-0.39, 0.29) is 0 Å². The normalized spacial score (nSPS) is 26.7. The van der Waals surface area contributed by atoms with Gasteiger partial charge in [-0.2, -0.15) is 0 Å². The lowest BCUT2D eigenvalue weighted by Crippen LogP contribution is -2.15. The zero-order chi connectivity index (χ0) is 13.2. The summed E-state index contributed by atoms with van der Waals surface area (Å²) in [6, 6.07) is 6.92. The minimum atomic E-state index is -0.572. The second-order valence-electron chi connectivity index (χ2n) is 5.18. The summed E-state index contributed by atoms with van der Waals surface area (Å²) in [5, 5.41) is 7.16. The van der Waals surface area contributed by atoms with E-state index in [0.717, 1.165) is 18.1 Å². The number of benzene rings is 1. The molecule has 0 aromatic heterocycles. The van der Waals surface area contributed by atoms with Crippen molar-refractivity contribution in [2.75, 3.05) is 5.32 Å². The Hall–Kier alpha value is -1.55. The third-order valence-electron chi connectivity index (χ3n) is 3.83. The average molecular weight is 279 g/mol. The molecule has 2 bridgehead atoms. The number of anilines is 1. The van der Waals surface area contributed by atoms with Gasteiger partial charge in [0.05, 0.1) is 5.71 Å². The van der Waals surface area contributed by atoms with Gasteiger partial charge < -0.3 is 0 Å². The van der Waals surface area contributed by atoms with Crippen LogP contribution in [0.4, 0.5) is 10.5 Å². The van der Waals surface area contributed by atoms with E-state index in [1.165, 1.54) is 19.3 Å². The van der Waals surface area contributed by atoms with Crippen LogP contribution in [0.5, 0.6) is 0 Å². The topological polar surface area (TPSA) is 50.7 Å². The van der Waals surface area contributed by atoms with Crippen molar-refractivity contribution in [1.29, 1.82) is 0 Å². The Morgan fingerprint density at radius 1 is 1.42 bits per heavy atom. The van der Waals surface area contributed by atoms with Crippen molar-refractivity contribution in [1.82, 2.24) is 0 Å². The fourth-order valence-corrected chi connectivity index (χ4v) is 3.13. The minimum absolute atomic E-state index is 0.531. The number of hydrogen-bond acceptors (Lipinski definition) is 3. The van der Waals surface area contributed by atoms with Gasteiger partial charge in [-0.15, -0.1) is 0 Å². The van der Waals surface area contributed by atoms with Crippen LogP contribution < -0.4 is 5.32 Å². The number of rotatable bonds is 2. The average Bonchev–Trinajstić information content (AvgIpc) is 2.98. The molecule has 0 spiro atoms. The SMILES string of the molecule is O=C(Nc1cccc(Cl)c1)ON=C1CC2CCC1C2. The molecule has 0 aliphatic heterocycles. The van der Waals surface area contributed by atoms with Gasteiger partial charge in [0.25, 0.3) is 0 Å². The summed E-state index contributed by atoms with van der Waals surface area (Å²) in [7, 11) is 0. The molecule has 1 N–H and O–H groups in total. The Balaban J connectivity index is 1.56. The first-order valence-corrected chi connectivity index (χ1v) is 6.89. The molecule has 2 saturated carbocycles. The van der Waals surface area contributed by atoms with Gasteiger partial charge in [0, 0.05) is 16.6 Å². The van der Waals surface area contributed by atoms with Gasteiger partial charge in [0.15, 0.2) is 0 Å². The maximum Gasteiger partial charge on any atom is 0.437 e. The summed E-state index contributed by atoms with van der Waals surface area (Å²) >= 11 is 5.83. The fraction of sp³-hybridized carbons (Fsp3) is 0.429. The Labute approximate surface area is 116 Å². The molecule has 3 rings (SSSR count). The van der Waals surface area contributed by atoms with Crippen molar-refractivity contribution < 1.29 is 9.63 Å². The van der Waals surface area contributed by atoms with Crippen LogP contribution in [0.3, 0.4) is 0 Å². The molecule has 0 radical (unpaired) electrons. The van der Waals surface area contributed by atoms with Crippen LogP contribution in [0.1, 0.15) is 25.7 Å². The fourth-order valence-electron chi connectivity index (χ4n) is 2.94. The van der Waals surface area contributed by atoms with Gasteiger partial charge in [-0.3, -0.25) is 10.2 Å². The molecule has 2 unspecified atom stereocenters. The predicted octanol–water partition coefficient (Wildman–Crippen LogP) is 4.06. The van der Waals surface area contributed by atoms with Crippen LogP contribution in [0.15, 0.2) is 29.4 Å². The third-order valence-corrected chi connectivity index (χ3v) is 4.06. The Bertz CT molecular complexity index is 530. The van der Waals surface area contributed by atoms with Crippen LogP contribution in [-0.2, 0) is 4.84 Å². The monoisotopic (exact) mass is 278 g/mol. The first kappa shape index (κ1) is 12.5. The molecular weight excluding hydrogens is 264 g/mol. The van der Waals surface area contributed by atoms with E-state index in [9.17, 15) is 4.79 Å². The van der Waals surface area contributed by atoms with Gasteiger partial charge in [-0.1, -0.05) is 22.8 Å². The molecular formula is C14H15ClN2O2. The first-order chi connectivity index (χ1) is 9.20. The Morgan fingerprint density at radius 2 is 2.32 bits per heavy atom. The molecule has 5 heteroatoms. The smallest absolute Gasteiger partial charge is 0.298 e. The lowest BCUT2D eigenvalue weighted by Gasteiger charge is -2.10. The summed E-state index contributed by atoms with van der Waals surface area (Å²) in [6.45, 7) is 0. The van der Waals surface area contributed by atoms with E-state index >= 15 is 0 Å². The van der Waals surface area contributed by atoms with Gasteiger partial charge >= 0.3 is 6.09 Å². The number of nitrogens with one attached hydrogen (secondary N) is 1. The molecule has 1 aromatic carbocycles. The van der Waals surface area contributed by atoms with Crippen LogP contribution in [0, 0.1) is 11.8 Å². The molecule has 19 heavy (non-hydrogen) atoms. The molecule has 2 aliphatic rings. The lowest BCUT2D eigenvalue weighted by atomic mass is 9.99. The second-order valence-corrected chi connectivity index (χ2v) is 5.61. The van der Waals surface area contributed by atoms with Crippen molar-refractivity contribution in [3.05, 3.63) is 29.3 Å². The van der Waals surface area contributed by atoms with Gasteiger partial charge in [-0.25, -0.2) is 4.79 Å². The van der Waals surface area contributed by atoms with Crippen molar-refractivity contribution in [2.24, 2.45) is 17.0 Å². The zero-order valence-corrected chi connectivity index (χ0v) is 11.2. The van der Waals surface area contributed by atoms with Gasteiger partial charge in [0.2, 0.25) is 0 Å². The lowest BCUT2D eigenvalue weighted by molar-refractivity contribution is 0.165. The minimum Gasteiger partial charge on any atom is -0.298 e. The quantitative estimate of drug-likeness (QED) is 0.655. The number of halogens is 1. The second kappa shape index (κ2) is 5.21. The standard InChI is InChI=1S/C14H15ClN2O2/c15-11-2-1-3-12(8-11)16-14(18)19-17-13-7-9-4-5-10(13)6-9/h1-3,8-10H,4-7H2,(H,16,18). The van der Waals surface area contributed by atoms with Gasteiger partial charge in [0.1, 0.15) is 0 Å². The van der Waals surface area contributed by atoms with E-state index < -0.39 is 6.09 Å². The highest BCUT2D eigenvalue weighted by atomic mass is 35.5. The molecule has 2 aliphatic carbocycles. The number of carbonyl (C=O) groups excluding carboxylic acids is 1. The van der Waals surface area contributed by atoms with Gasteiger partial charge in [-0.05, 0) is 49.8 Å². The van der Waals surface area contributed by atoms with Crippen molar-refractivity contribution in [2.45, 2.75) is 25.7 Å². The van der Waals surface area contributed by atoms with E-state index in [1.54, 1.807) is 24.3 Å². The summed E-state index contributed by atoms with van der Waals surface area (Å²) in [4.78, 5) is 16.5. The number of carbonyl (C=O) groups is 1. The summed E-state index contributed by atoms with van der Waals surface area (Å²) in [6.07, 6.45) is 4.09. The summed E-state index contributed by atoms with van der Waals surface area (Å²) in [5.74, 6) is 1.28. The largest absolute Gasteiger partial charge is 0.437 e. The summed E-state index contributed by atoms with van der Waals surface area (Å²) in [5.41, 5.74) is 1.64. The zero-order valence-electron chi connectivity index (χ0n) is 10.4. The maximum atomic E-state index is 11.6. The van der Waals surface area contributed by atoms with Crippen LogP contribution in [-0.4, -0.2) is 11.8 Å². The Kier molecular flexibility index (Phi) is 3.42. The predicted molar refractivity (Wildman–Crippen MR) is 74.4 cm³/mol. The number of oxime groups is 1. The van der Waals surface area contributed by atoms with Crippen LogP contribution in [0.2, 0.25) is 5.02 Å². The van der Waals surface area contributed by atoms with Crippen molar-refractivity contribution in [3.8, 4) is 0 Å². The molecule has 1 amide bonds. The molecule has 100 valence electrons. The Morgan fingerprint density at radius 3 is 3.00 bits per heavy atom. The molecule has 2 fully saturated rings. The molecule has 0 saturated heterocycles. The number of amides is 1. The number of hydrogen-bond donors (Lipinski definition) is 1. The van der Waals surface area contributed by atoms with Crippen molar-refractivity contribution in [3.63, 3.8) is 0 Å². The number of nitrogens with zero attached hydrogens (tertiary/aromatic N) is 1. The van der Waals surface area contributed by atoms with E-state index in [2.05, 4.69) is 10.5 Å². The molecule has 2 atom stereocenters. The van der Waals surface area contributed by atoms with Crippen LogP contribution >= 0.6 is 11.6 Å². The van der Waals surface area contributed by atoms with E-state index in [4.69, 9.17) is 16.4 Å². The highest BCUT2D eigenvalue weighted by molar-refractivity contribution is 6.30. The van der Waals surface area contributed by atoms with E-state index in [0.29, 0.717) is 16.6 Å². The highest BCUT2D eigenvalue weighted by Gasteiger charge is 2.37. The molecule has 4 nitrogen and oxygen atoms in total. The number of fused-ring (bicyclic) bond motifs is 2. The van der Waals surface area contributed by atoms with Crippen molar-refractivity contribution >= 4 is 29.1 Å². The first-order valence-electron chi connectivity index (χ1n) is 6.51. The van der Waals surface area contributed by atoms with E-state index in [1.807, 2.05) is 0 Å². The molecule has 0 heterocycles. The third kappa shape index (κ3) is 2.89. The molecule has 1 aromatic rings. The highest BCUT2D eigenvalue weighted by Crippen LogP contribution is 2.42. The van der Waals surface area contributed by atoms with Crippen LogP contribution in [0.25, 0.3) is 0 Å². The maximum absolute atomic E-state index is 11.6. The summed E-state index contributed by atoms with van der Waals surface area (Å²) < 4.78 is 0.